The molecule has 3 N–H and O–H groups in total. The Morgan fingerprint density at radius 3 is 2.13 bits per heavy atom. The zero-order chi connectivity index (χ0) is 22.3. The van der Waals surface area contributed by atoms with E-state index in [1.807, 2.05) is 49.3 Å². The second-order valence-corrected chi connectivity index (χ2v) is 8.90. The molecule has 162 valence electrons. The molecule has 0 radical (unpaired) electrons. The highest BCUT2D eigenvalue weighted by molar-refractivity contribution is 7.89. The van der Waals surface area contributed by atoms with Gasteiger partial charge in [0.1, 0.15) is 0 Å². The minimum atomic E-state index is -3.89. The number of sulfonamides is 1. The molecular formula is C21H28N4O4S. The summed E-state index contributed by atoms with van der Waals surface area (Å²) >= 11 is 0. The molecule has 2 atom stereocenters. The standard InChI is InChI=1S/C21H28N4O4S/c1-15(21(27)22-14-20(25(3)4)17-8-6-5-7-9-17)24-30(28,29)19-12-10-18(11-13-19)23-16(2)26/h5-13,15,20,24H,14H2,1-4H3,(H,22,27)(H,23,26)/t15-,20+/m1/s1. The molecule has 0 aliphatic heterocycles. The van der Waals surface area contributed by atoms with Crippen molar-refractivity contribution in [1.82, 2.24) is 14.9 Å². The zero-order valence-electron chi connectivity index (χ0n) is 17.5. The molecule has 0 aliphatic rings. The van der Waals surface area contributed by atoms with Crippen LogP contribution < -0.4 is 15.4 Å². The molecule has 0 unspecified atom stereocenters. The first-order valence-corrected chi connectivity index (χ1v) is 11.0. The normalized spacial score (nSPS) is 13.5. The molecule has 0 aliphatic carbocycles. The van der Waals surface area contributed by atoms with Gasteiger partial charge in [0.25, 0.3) is 0 Å². The summed E-state index contributed by atoms with van der Waals surface area (Å²) in [5.74, 6) is -0.670. The molecule has 30 heavy (non-hydrogen) atoms. The minimum absolute atomic E-state index is 0.00621. The van der Waals surface area contributed by atoms with Crippen LogP contribution >= 0.6 is 0 Å². The number of nitrogens with zero attached hydrogens (tertiary/aromatic N) is 1. The molecule has 0 bridgehead atoms. The summed E-state index contributed by atoms with van der Waals surface area (Å²) in [6, 6.07) is 14.5. The summed E-state index contributed by atoms with van der Waals surface area (Å²) < 4.78 is 27.5. The fraction of sp³-hybridized carbons (Fsp3) is 0.333. The highest BCUT2D eigenvalue weighted by Gasteiger charge is 2.23. The molecule has 9 heteroatoms. The van der Waals surface area contributed by atoms with Gasteiger partial charge in [0.2, 0.25) is 21.8 Å². The van der Waals surface area contributed by atoms with Crippen LogP contribution in [0.5, 0.6) is 0 Å². The number of hydrogen-bond donors (Lipinski definition) is 3. The Kier molecular flexibility index (Phi) is 8.10. The summed E-state index contributed by atoms with van der Waals surface area (Å²) in [4.78, 5) is 25.5. The predicted octanol–water partition coefficient (Wildman–Crippen LogP) is 1.73. The van der Waals surface area contributed by atoms with Crippen molar-refractivity contribution in [3.8, 4) is 0 Å². The van der Waals surface area contributed by atoms with Gasteiger partial charge < -0.3 is 15.5 Å². The fourth-order valence-electron chi connectivity index (χ4n) is 2.90. The number of likely N-dealkylation sites (N-methyl/N-ethyl adjacent to an activating group) is 1. The number of amides is 2. The molecule has 0 fully saturated rings. The lowest BCUT2D eigenvalue weighted by Gasteiger charge is -2.26. The molecule has 8 nitrogen and oxygen atoms in total. The second-order valence-electron chi connectivity index (χ2n) is 7.18. The van der Waals surface area contributed by atoms with Crippen molar-refractivity contribution < 1.29 is 18.0 Å². The van der Waals surface area contributed by atoms with Crippen LogP contribution in [0.15, 0.2) is 59.5 Å². The summed E-state index contributed by atoms with van der Waals surface area (Å²) in [6.45, 7) is 3.20. The minimum Gasteiger partial charge on any atom is -0.353 e. The molecule has 0 heterocycles. The van der Waals surface area contributed by atoms with E-state index in [0.29, 0.717) is 12.2 Å². The maximum absolute atomic E-state index is 12.6. The molecule has 0 saturated carbocycles. The van der Waals surface area contributed by atoms with Gasteiger partial charge in [-0.05, 0) is 50.8 Å². The Balaban J connectivity index is 1.99. The number of rotatable bonds is 9. The first-order valence-electron chi connectivity index (χ1n) is 9.49. The summed E-state index contributed by atoms with van der Waals surface area (Å²) in [5, 5.41) is 5.38. The molecule has 0 saturated heterocycles. The quantitative estimate of drug-likeness (QED) is 0.559. The lowest BCUT2D eigenvalue weighted by molar-refractivity contribution is -0.122. The average molecular weight is 433 g/mol. The van der Waals surface area contributed by atoms with E-state index >= 15 is 0 Å². The van der Waals surface area contributed by atoms with Crippen LogP contribution in [0.3, 0.4) is 0 Å². The molecule has 2 amide bonds. The number of carbonyl (C=O) groups excluding carboxylic acids is 2. The van der Waals surface area contributed by atoms with Gasteiger partial charge in [-0.15, -0.1) is 0 Å². The third-order valence-electron chi connectivity index (χ3n) is 4.49. The van der Waals surface area contributed by atoms with E-state index in [0.717, 1.165) is 5.56 Å². The lowest BCUT2D eigenvalue weighted by Crippen LogP contribution is -2.46. The van der Waals surface area contributed by atoms with Crippen LogP contribution in [-0.4, -0.2) is 51.8 Å². The van der Waals surface area contributed by atoms with E-state index < -0.39 is 22.0 Å². The van der Waals surface area contributed by atoms with Gasteiger partial charge in [-0.2, -0.15) is 4.72 Å². The molecule has 0 spiro atoms. The van der Waals surface area contributed by atoms with Crippen LogP contribution in [0, 0.1) is 0 Å². The van der Waals surface area contributed by atoms with Gasteiger partial charge in [0, 0.05) is 19.2 Å². The number of nitrogens with one attached hydrogen (secondary N) is 3. The first-order chi connectivity index (χ1) is 14.1. The van der Waals surface area contributed by atoms with Gasteiger partial charge in [-0.25, -0.2) is 8.42 Å². The largest absolute Gasteiger partial charge is 0.353 e. The van der Waals surface area contributed by atoms with Gasteiger partial charge in [0.05, 0.1) is 17.0 Å². The van der Waals surface area contributed by atoms with Crippen LogP contribution in [0.4, 0.5) is 5.69 Å². The van der Waals surface area contributed by atoms with Crippen molar-refractivity contribution in [2.45, 2.75) is 30.8 Å². The fourth-order valence-corrected chi connectivity index (χ4v) is 4.10. The van der Waals surface area contributed by atoms with Crippen molar-refractivity contribution in [3.63, 3.8) is 0 Å². The van der Waals surface area contributed by atoms with E-state index in [4.69, 9.17) is 0 Å². The zero-order valence-corrected chi connectivity index (χ0v) is 18.4. The molecule has 2 aromatic carbocycles. The van der Waals surface area contributed by atoms with Gasteiger partial charge in [-0.1, -0.05) is 30.3 Å². The van der Waals surface area contributed by atoms with Crippen molar-refractivity contribution >= 4 is 27.5 Å². The topological polar surface area (TPSA) is 108 Å². The van der Waals surface area contributed by atoms with E-state index in [1.54, 1.807) is 0 Å². The number of anilines is 1. The third-order valence-corrected chi connectivity index (χ3v) is 6.04. The van der Waals surface area contributed by atoms with Crippen molar-refractivity contribution in [1.29, 1.82) is 0 Å². The summed E-state index contributed by atoms with van der Waals surface area (Å²) in [7, 11) is -0.0563. The van der Waals surface area contributed by atoms with Crippen LogP contribution in [0.1, 0.15) is 25.5 Å². The lowest BCUT2D eigenvalue weighted by atomic mass is 10.1. The Bertz CT molecular complexity index is 960. The Labute approximate surface area is 177 Å². The monoisotopic (exact) mass is 432 g/mol. The van der Waals surface area contributed by atoms with E-state index in [-0.39, 0.29) is 16.8 Å². The van der Waals surface area contributed by atoms with Crippen LogP contribution in [-0.2, 0) is 19.6 Å². The maximum atomic E-state index is 12.6. The second kappa shape index (κ2) is 10.3. The van der Waals surface area contributed by atoms with Crippen LogP contribution in [0.25, 0.3) is 0 Å². The SMILES string of the molecule is CC(=O)Nc1ccc(S(=O)(=O)N[C@H](C)C(=O)NC[C@@H](c2ccccc2)N(C)C)cc1. The van der Waals surface area contributed by atoms with Gasteiger partial charge in [0.15, 0.2) is 0 Å². The Morgan fingerprint density at radius 1 is 1.00 bits per heavy atom. The summed E-state index contributed by atoms with van der Waals surface area (Å²) in [6.07, 6.45) is 0. The van der Waals surface area contributed by atoms with Crippen molar-refractivity contribution in [2.75, 3.05) is 26.0 Å². The van der Waals surface area contributed by atoms with Crippen LogP contribution in [0.2, 0.25) is 0 Å². The molecule has 0 aromatic heterocycles. The van der Waals surface area contributed by atoms with Gasteiger partial charge in [-0.3, -0.25) is 9.59 Å². The van der Waals surface area contributed by atoms with E-state index in [1.165, 1.54) is 38.1 Å². The smallest absolute Gasteiger partial charge is 0.241 e. The third kappa shape index (κ3) is 6.65. The number of carbonyl (C=O) groups is 2. The first kappa shape index (κ1) is 23.5. The number of hydrogen-bond acceptors (Lipinski definition) is 5. The van der Waals surface area contributed by atoms with E-state index in [9.17, 15) is 18.0 Å². The Hall–Kier alpha value is -2.75. The van der Waals surface area contributed by atoms with Crippen molar-refractivity contribution in [2.24, 2.45) is 0 Å². The molecular weight excluding hydrogens is 404 g/mol. The molecule has 2 aromatic rings. The Morgan fingerprint density at radius 2 is 1.60 bits per heavy atom. The predicted molar refractivity (Wildman–Crippen MR) is 116 cm³/mol. The highest BCUT2D eigenvalue weighted by Crippen LogP contribution is 2.17. The average Bonchev–Trinajstić information content (AvgIpc) is 2.68. The van der Waals surface area contributed by atoms with E-state index in [2.05, 4.69) is 15.4 Å². The summed E-state index contributed by atoms with van der Waals surface area (Å²) in [5.41, 5.74) is 1.54. The number of benzene rings is 2. The molecule has 2 rings (SSSR count). The van der Waals surface area contributed by atoms with Crippen molar-refractivity contribution in [3.05, 3.63) is 60.2 Å². The maximum Gasteiger partial charge on any atom is 0.241 e. The highest BCUT2D eigenvalue weighted by atomic mass is 32.2. The van der Waals surface area contributed by atoms with Gasteiger partial charge >= 0.3 is 0 Å².